The summed E-state index contributed by atoms with van der Waals surface area (Å²) >= 11 is 2.45. The van der Waals surface area contributed by atoms with E-state index in [1.807, 2.05) is 6.92 Å². The number of hydrogen-bond acceptors (Lipinski definition) is 8. The Kier molecular flexibility index (Phi) is 4.95. The molecule has 0 atom stereocenters. The van der Waals surface area contributed by atoms with Gasteiger partial charge in [0.15, 0.2) is 15.9 Å². The first-order valence-corrected chi connectivity index (χ1v) is 9.10. The summed E-state index contributed by atoms with van der Waals surface area (Å²) in [5, 5.41) is 3.66. The van der Waals surface area contributed by atoms with Gasteiger partial charge in [-0.25, -0.2) is 14.8 Å². The molecule has 3 aromatic rings. The highest BCUT2D eigenvalue weighted by Gasteiger charge is 2.21. The summed E-state index contributed by atoms with van der Waals surface area (Å²) in [6.45, 7) is 5.53. The third kappa shape index (κ3) is 3.62. The molecule has 0 fully saturated rings. The molecule has 0 aliphatic heterocycles. The Morgan fingerprint density at radius 1 is 1.28 bits per heavy atom. The molecular weight excluding hydrogens is 362 g/mol. The van der Waals surface area contributed by atoms with Crippen LogP contribution < -0.4 is 5.32 Å². The molecule has 130 valence electrons. The van der Waals surface area contributed by atoms with E-state index in [-0.39, 0.29) is 12.5 Å². The van der Waals surface area contributed by atoms with Gasteiger partial charge in [-0.05, 0) is 32.9 Å². The van der Waals surface area contributed by atoms with Crippen molar-refractivity contribution >= 4 is 39.7 Å². The van der Waals surface area contributed by atoms with E-state index in [9.17, 15) is 9.59 Å². The average Bonchev–Trinajstić information content (AvgIpc) is 3.27. The fourth-order valence-electron chi connectivity index (χ4n) is 2.10. The first kappa shape index (κ1) is 17.3. The predicted molar refractivity (Wildman–Crippen MR) is 95.3 cm³/mol. The number of esters is 1. The Bertz CT molecular complexity index is 912. The molecule has 7 nitrogen and oxygen atoms in total. The lowest BCUT2D eigenvalue weighted by molar-refractivity contribution is 0.0531. The van der Waals surface area contributed by atoms with Crippen LogP contribution in [0.5, 0.6) is 0 Å². The summed E-state index contributed by atoms with van der Waals surface area (Å²) < 4.78 is 10.3. The minimum absolute atomic E-state index is 0.283. The lowest BCUT2D eigenvalue weighted by Crippen LogP contribution is -2.13. The van der Waals surface area contributed by atoms with E-state index in [1.165, 1.54) is 11.3 Å². The van der Waals surface area contributed by atoms with Crippen molar-refractivity contribution in [2.45, 2.75) is 20.8 Å². The van der Waals surface area contributed by atoms with Crippen LogP contribution in [0.25, 0.3) is 10.8 Å². The number of carbonyl (C=O) groups is 2. The van der Waals surface area contributed by atoms with Crippen molar-refractivity contribution in [1.82, 2.24) is 9.97 Å². The van der Waals surface area contributed by atoms with Gasteiger partial charge in [-0.15, -0.1) is 11.3 Å². The minimum atomic E-state index is -0.442. The lowest BCUT2D eigenvalue weighted by atomic mass is 10.3. The third-order valence-corrected chi connectivity index (χ3v) is 5.26. The average molecular weight is 377 g/mol. The third-order valence-electron chi connectivity index (χ3n) is 3.22. The first-order valence-electron chi connectivity index (χ1n) is 7.46. The molecule has 9 heteroatoms. The Labute approximate surface area is 151 Å². The molecule has 0 aliphatic carbocycles. The molecule has 0 bridgehead atoms. The van der Waals surface area contributed by atoms with Gasteiger partial charge in [0.05, 0.1) is 18.6 Å². The summed E-state index contributed by atoms with van der Waals surface area (Å²) in [5.41, 5.74) is 0.826. The van der Waals surface area contributed by atoms with Gasteiger partial charge in [-0.1, -0.05) is 11.3 Å². The van der Waals surface area contributed by atoms with Gasteiger partial charge in [0.2, 0.25) is 0 Å². The topological polar surface area (TPSA) is 94.3 Å². The van der Waals surface area contributed by atoms with E-state index in [2.05, 4.69) is 15.3 Å². The second-order valence-electron chi connectivity index (χ2n) is 5.01. The van der Waals surface area contributed by atoms with Gasteiger partial charge in [-0.2, -0.15) is 0 Å². The van der Waals surface area contributed by atoms with Crippen molar-refractivity contribution in [3.8, 4) is 10.8 Å². The van der Waals surface area contributed by atoms with Gasteiger partial charge in [-0.3, -0.25) is 10.1 Å². The second kappa shape index (κ2) is 7.16. The Balaban J connectivity index is 1.79. The number of hydrogen-bond donors (Lipinski definition) is 1. The number of anilines is 1. The van der Waals surface area contributed by atoms with Crippen molar-refractivity contribution in [3.05, 3.63) is 39.5 Å². The zero-order valence-electron chi connectivity index (χ0n) is 13.8. The normalized spacial score (nSPS) is 10.7. The van der Waals surface area contributed by atoms with Gasteiger partial charge < -0.3 is 9.15 Å². The van der Waals surface area contributed by atoms with Gasteiger partial charge in [0, 0.05) is 4.88 Å². The molecule has 3 aromatic heterocycles. The Morgan fingerprint density at radius 2 is 2.08 bits per heavy atom. The number of ether oxygens (including phenoxy) is 1. The summed E-state index contributed by atoms with van der Waals surface area (Å²) in [6, 6.07) is 3.55. The zero-order valence-corrected chi connectivity index (χ0v) is 15.4. The molecule has 3 heterocycles. The molecule has 0 spiro atoms. The van der Waals surface area contributed by atoms with E-state index in [1.54, 1.807) is 32.2 Å². The van der Waals surface area contributed by atoms with Crippen LogP contribution in [0, 0.1) is 13.8 Å². The van der Waals surface area contributed by atoms with Crippen LogP contribution in [0.2, 0.25) is 0 Å². The maximum Gasteiger partial charge on any atom is 0.350 e. The molecule has 0 aliphatic rings. The molecule has 0 radical (unpaired) electrons. The van der Waals surface area contributed by atoms with E-state index in [0.29, 0.717) is 32.2 Å². The molecule has 0 saturated heterocycles. The Morgan fingerprint density at radius 3 is 2.76 bits per heavy atom. The summed E-state index contributed by atoms with van der Waals surface area (Å²) in [7, 11) is 0. The van der Waals surface area contributed by atoms with Crippen LogP contribution in [-0.2, 0) is 4.74 Å². The molecule has 3 rings (SSSR count). The van der Waals surface area contributed by atoms with E-state index in [4.69, 9.17) is 9.15 Å². The van der Waals surface area contributed by atoms with E-state index < -0.39 is 5.97 Å². The van der Waals surface area contributed by atoms with E-state index >= 15 is 0 Å². The fraction of sp³-hybridized carbons (Fsp3) is 0.250. The van der Waals surface area contributed by atoms with Gasteiger partial charge >= 0.3 is 5.97 Å². The van der Waals surface area contributed by atoms with Crippen molar-refractivity contribution in [3.63, 3.8) is 0 Å². The van der Waals surface area contributed by atoms with Crippen molar-refractivity contribution in [1.29, 1.82) is 0 Å². The van der Waals surface area contributed by atoms with Crippen molar-refractivity contribution in [2.75, 3.05) is 11.9 Å². The number of nitrogens with one attached hydrogen (secondary N) is 1. The molecule has 0 aromatic carbocycles. The standard InChI is InChI=1S/C16H15N3O4S2/c1-4-22-15(21)12-8(2)17-16(25-12)19-13(20)11-9(3)24-14(18-11)10-6-5-7-23-10/h5-7H,4H2,1-3H3,(H,17,19,20). The maximum absolute atomic E-state index is 12.5. The zero-order chi connectivity index (χ0) is 18.0. The van der Waals surface area contributed by atoms with Crippen LogP contribution >= 0.6 is 22.7 Å². The highest BCUT2D eigenvalue weighted by molar-refractivity contribution is 7.17. The number of nitrogens with zero attached hydrogens (tertiary/aromatic N) is 2. The number of rotatable bonds is 5. The fourth-order valence-corrected chi connectivity index (χ4v) is 3.84. The first-order chi connectivity index (χ1) is 12.0. The molecule has 25 heavy (non-hydrogen) atoms. The second-order valence-corrected chi connectivity index (χ2v) is 7.21. The van der Waals surface area contributed by atoms with Gasteiger partial charge in [0.25, 0.3) is 5.91 Å². The number of carbonyl (C=O) groups excluding carboxylic acids is 2. The predicted octanol–water partition coefficient (Wildman–Crippen LogP) is 3.91. The molecule has 0 unspecified atom stereocenters. The smallest absolute Gasteiger partial charge is 0.350 e. The van der Waals surface area contributed by atoms with Crippen molar-refractivity contribution in [2.24, 2.45) is 0 Å². The summed E-state index contributed by atoms with van der Waals surface area (Å²) in [6.07, 6.45) is 1.56. The van der Waals surface area contributed by atoms with Crippen LogP contribution in [0.3, 0.4) is 0 Å². The molecule has 0 saturated carbocycles. The number of aryl methyl sites for hydroxylation is 2. The van der Waals surface area contributed by atoms with E-state index in [0.717, 1.165) is 16.2 Å². The van der Waals surface area contributed by atoms with Crippen LogP contribution in [0.1, 0.15) is 37.7 Å². The number of thiazole rings is 2. The highest BCUT2D eigenvalue weighted by atomic mass is 32.1. The monoisotopic (exact) mass is 377 g/mol. The minimum Gasteiger partial charge on any atom is -0.462 e. The lowest BCUT2D eigenvalue weighted by Gasteiger charge is -1.99. The highest BCUT2D eigenvalue weighted by Crippen LogP contribution is 2.29. The molecule has 1 N–H and O–H groups in total. The van der Waals surface area contributed by atoms with Crippen LogP contribution in [0.15, 0.2) is 22.8 Å². The van der Waals surface area contributed by atoms with Crippen molar-refractivity contribution < 1.29 is 18.7 Å². The number of furan rings is 1. The summed E-state index contributed by atoms with van der Waals surface area (Å²) in [5.74, 6) is -0.208. The summed E-state index contributed by atoms with van der Waals surface area (Å²) in [4.78, 5) is 34.0. The SMILES string of the molecule is CCOC(=O)c1sc(NC(=O)c2nc(-c3ccco3)sc2C)nc1C. The molecule has 1 amide bonds. The number of aromatic nitrogens is 2. The largest absolute Gasteiger partial charge is 0.462 e. The quantitative estimate of drug-likeness (QED) is 0.678. The number of amides is 1. The van der Waals surface area contributed by atoms with Gasteiger partial charge in [0.1, 0.15) is 10.6 Å². The molecular formula is C16H15N3O4S2. The maximum atomic E-state index is 12.5. The van der Waals surface area contributed by atoms with Crippen LogP contribution in [0.4, 0.5) is 5.13 Å². The van der Waals surface area contributed by atoms with Crippen LogP contribution in [-0.4, -0.2) is 28.5 Å². The Hall–Kier alpha value is -2.52.